The average Bonchev–Trinajstić information content (AvgIpc) is 2.52. The summed E-state index contributed by atoms with van der Waals surface area (Å²) in [5, 5.41) is 8.27. The molecule has 0 bridgehead atoms. The van der Waals surface area contributed by atoms with E-state index in [4.69, 9.17) is 33.2 Å². The lowest BCUT2D eigenvalue weighted by Crippen LogP contribution is -2.09. The van der Waals surface area contributed by atoms with Gasteiger partial charge in [-0.05, 0) is 45.0 Å². The Bertz CT molecular complexity index is 847. The first kappa shape index (κ1) is 18.7. The zero-order chi connectivity index (χ0) is 18.7. The number of halogens is 2. The zero-order valence-corrected chi connectivity index (χ0v) is 15.0. The van der Waals surface area contributed by atoms with E-state index in [2.05, 4.69) is 4.98 Å². The highest BCUT2D eigenvalue weighted by Crippen LogP contribution is 2.32. The monoisotopic (exact) mass is 362 g/mol. The molecule has 2 aromatic rings. The number of nitrogens with zero attached hydrogens (tertiary/aromatic N) is 1. The standard InChI is InChI=1S/C18H20ClFN4O/c1-9(21)17(10(2)22)12-6-16(18(23)24-8-12)25-11(3)14-7-13(20)4-5-15(14)19/h4-8,11,21H,22H2,1-3H3,(H2,23,24)/b17-10+,21-9?. The number of nitrogens with one attached hydrogen (secondary N) is 1. The molecule has 0 saturated carbocycles. The number of hydrogen-bond donors (Lipinski definition) is 3. The van der Waals surface area contributed by atoms with Crippen LogP contribution in [0.4, 0.5) is 10.2 Å². The highest BCUT2D eigenvalue weighted by Gasteiger charge is 2.16. The fraction of sp³-hybridized carbons (Fsp3) is 0.222. The summed E-state index contributed by atoms with van der Waals surface area (Å²) in [5.41, 5.74) is 14.2. The molecule has 0 aliphatic heterocycles. The first-order chi connectivity index (χ1) is 11.7. The Kier molecular flexibility index (Phi) is 5.64. The van der Waals surface area contributed by atoms with Crippen molar-refractivity contribution >= 4 is 28.7 Å². The van der Waals surface area contributed by atoms with Crippen molar-refractivity contribution in [3.63, 3.8) is 0 Å². The van der Waals surface area contributed by atoms with Crippen molar-refractivity contribution in [2.24, 2.45) is 5.73 Å². The molecule has 5 N–H and O–H groups in total. The van der Waals surface area contributed by atoms with Crippen LogP contribution in [0.2, 0.25) is 5.02 Å². The molecular weight excluding hydrogens is 343 g/mol. The Morgan fingerprint density at radius 3 is 2.60 bits per heavy atom. The summed E-state index contributed by atoms with van der Waals surface area (Å²) >= 11 is 6.12. The molecule has 0 aliphatic carbocycles. The van der Waals surface area contributed by atoms with Gasteiger partial charge >= 0.3 is 0 Å². The van der Waals surface area contributed by atoms with Crippen LogP contribution in [-0.2, 0) is 0 Å². The van der Waals surface area contributed by atoms with Crippen molar-refractivity contribution in [1.29, 1.82) is 5.41 Å². The molecule has 1 aromatic carbocycles. The molecule has 0 amide bonds. The van der Waals surface area contributed by atoms with E-state index < -0.39 is 11.9 Å². The number of benzene rings is 1. The fourth-order valence-electron chi connectivity index (χ4n) is 2.51. The predicted octanol–water partition coefficient (Wildman–Crippen LogP) is 4.33. The summed E-state index contributed by atoms with van der Waals surface area (Å²) < 4.78 is 19.3. The van der Waals surface area contributed by atoms with E-state index in [9.17, 15) is 4.39 Å². The Morgan fingerprint density at radius 2 is 2.00 bits per heavy atom. The summed E-state index contributed by atoms with van der Waals surface area (Å²) in [6.45, 7) is 5.08. The summed E-state index contributed by atoms with van der Waals surface area (Å²) in [7, 11) is 0. The van der Waals surface area contributed by atoms with Gasteiger partial charge in [-0.2, -0.15) is 0 Å². The molecule has 1 unspecified atom stereocenters. The SMILES string of the molecule is CC(=N)/C(=C(/C)N)c1cnc(N)c(OC(C)c2cc(F)ccc2Cl)c1. The van der Waals surface area contributed by atoms with Crippen molar-refractivity contribution in [3.8, 4) is 5.75 Å². The van der Waals surface area contributed by atoms with E-state index in [0.717, 1.165) is 0 Å². The molecule has 1 aromatic heterocycles. The molecule has 5 nitrogen and oxygen atoms in total. The summed E-state index contributed by atoms with van der Waals surface area (Å²) in [6.07, 6.45) is 0.987. The van der Waals surface area contributed by atoms with Crippen LogP contribution in [0.15, 0.2) is 36.2 Å². The van der Waals surface area contributed by atoms with Crippen LogP contribution >= 0.6 is 11.6 Å². The number of nitrogens with two attached hydrogens (primary N) is 2. The quantitative estimate of drug-likeness (QED) is 0.689. The highest BCUT2D eigenvalue weighted by molar-refractivity contribution is 6.31. The van der Waals surface area contributed by atoms with Crippen LogP contribution in [-0.4, -0.2) is 10.7 Å². The number of allylic oxidation sites excluding steroid dienone is 2. The zero-order valence-electron chi connectivity index (χ0n) is 14.2. The summed E-state index contributed by atoms with van der Waals surface area (Å²) in [4.78, 5) is 4.11. The highest BCUT2D eigenvalue weighted by atomic mass is 35.5. The van der Waals surface area contributed by atoms with Gasteiger partial charge < -0.3 is 21.6 Å². The van der Waals surface area contributed by atoms with Gasteiger partial charge in [0.1, 0.15) is 11.9 Å². The smallest absolute Gasteiger partial charge is 0.166 e. The number of anilines is 1. The van der Waals surface area contributed by atoms with Crippen LogP contribution in [0, 0.1) is 11.2 Å². The molecule has 7 heteroatoms. The predicted molar refractivity (Wildman–Crippen MR) is 99.3 cm³/mol. The van der Waals surface area contributed by atoms with E-state index >= 15 is 0 Å². The molecule has 0 fully saturated rings. The number of pyridine rings is 1. The number of aromatic nitrogens is 1. The normalized spacial score (nSPS) is 13.2. The Hall–Kier alpha value is -2.60. The largest absolute Gasteiger partial charge is 0.482 e. The molecule has 132 valence electrons. The van der Waals surface area contributed by atoms with Crippen LogP contribution < -0.4 is 16.2 Å². The topological polar surface area (TPSA) is 98.0 Å². The van der Waals surface area contributed by atoms with Crippen LogP contribution in [0.25, 0.3) is 5.57 Å². The number of rotatable bonds is 5. The molecule has 1 atom stereocenters. The van der Waals surface area contributed by atoms with Crippen molar-refractivity contribution < 1.29 is 9.13 Å². The molecule has 2 rings (SSSR count). The van der Waals surface area contributed by atoms with E-state index in [0.29, 0.717) is 38.9 Å². The maximum absolute atomic E-state index is 13.5. The van der Waals surface area contributed by atoms with Gasteiger partial charge in [0.25, 0.3) is 0 Å². The maximum atomic E-state index is 13.5. The number of ether oxygens (including phenoxy) is 1. The minimum atomic E-state index is -0.546. The second-order valence-electron chi connectivity index (χ2n) is 5.72. The van der Waals surface area contributed by atoms with Gasteiger partial charge in [-0.25, -0.2) is 9.37 Å². The summed E-state index contributed by atoms with van der Waals surface area (Å²) in [6, 6.07) is 5.73. The Balaban J connectivity index is 2.40. The molecule has 0 spiro atoms. The minimum absolute atomic E-state index is 0.180. The molecule has 1 heterocycles. The lowest BCUT2D eigenvalue weighted by atomic mass is 10.0. The van der Waals surface area contributed by atoms with Gasteiger partial charge in [-0.1, -0.05) is 11.6 Å². The fourth-order valence-corrected chi connectivity index (χ4v) is 2.78. The van der Waals surface area contributed by atoms with Crippen LogP contribution in [0.1, 0.15) is 38.0 Å². The second kappa shape index (κ2) is 7.53. The van der Waals surface area contributed by atoms with Crippen LogP contribution in [0.5, 0.6) is 5.75 Å². The molecular formula is C18H20ClFN4O. The number of hydrogen-bond acceptors (Lipinski definition) is 5. The lowest BCUT2D eigenvalue weighted by molar-refractivity contribution is 0.227. The van der Waals surface area contributed by atoms with Gasteiger partial charge in [-0.3, -0.25) is 0 Å². The van der Waals surface area contributed by atoms with Gasteiger partial charge in [-0.15, -0.1) is 0 Å². The molecule has 0 aliphatic rings. The van der Waals surface area contributed by atoms with E-state index in [1.54, 1.807) is 26.8 Å². The third kappa shape index (κ3) is 4.28. The average molecular weight is 363 g/mol. The van der Waals surface area contributed by atoms with Crippen molar-refractivity contribution in [2.45, 2.75) is 26.9 Å². The molecule has 0 saturated heterocycles. The maximum Gasteiger partial charge on any atom is 0.166 e. The third-order valence-corrected chi connectivity index (χ3v) is 3.98. The van der Waals surface area contributed by atoms with Crippen molar-refractivity contribution in [3.05, 3.63) is 58.1 Å². The summed E-state index contributed by atoms with van der Waals surface area (Å²) in [5.74, 6) is 0.0863. The van der Waals surface area contributed by atoms with Gasteiger partial charge in [0.15, 0.2) is 11.6 Å². The first-order valence-corrected chi connectivity index (χ1v) is 7.97. The second-order valence-corrected chi connectivity index (χ2v) is 6.12. The van der Waals surface area contributed by atoms with E-state index in [1.807, 2.05) is 0 Å². The molecule has 0 radical (unpaired) electrons. The Labute approximate surface area is 151 Å². The van der Waals surface area contributed by atoms with Crippen molar-refractivity contribution in [1.82, 2.24) is 4.98 Å². The number of nitrogen functional groups attached to an aromatic ring is 1. The van der Waals surface area contributed by atoms with E-state index in [-0.39, 0.29) is 5.82 Å². The van der Waals surface area contributed by atoms with Crippen LogP contribution in [0.3, 0.4) is 0 Å². The van der Waals surface area contributed by atoms with E-state index in [1.165, 1.54) is 24.4 Å². The van der Waals surface area contributed by atoms with Crippen molar-refractivity contribution in [2.75, 3.05) is 5.73 Å². The molecule has 25 heavy (non-hydrogen) atoms. The third-order valence-electron chi connectivity index (χ3n) is 3.64. The van der Waals surface area contributed by atoms with Gasteiger partial charge in [0, 0.05) is 39.3 Å². The van der Waals surface area contributed by atoms with Gasteiger partial charge in [0.05, 0.1) is 0 Å². The van der Waals surface area contributed by atoms with Gasteiger partial charge in [0.2, 0.25) is 0 Å². The first-order valence-electron chi connectivity index (χ1n) is 7.60. The Morgan fingerprint density at radius 1 is 1.32 bits per heavy atom. The lowest BCUT2D eigenvalue weighted by Gasteiger charge is -2.18. The minimum Gasteiger partial charge on any atom is -0.482 e.